The summed E-state index contributed by atoms with van der Waals surface area (Å²) < 4.78 is 47.7. The molecule has 0 spiro atoms. The summed E-state index contributed by atoms with van der Waals surface area (Å²) in [5, 5.41) is 129. The Bertz CT molecular complexity index is 5330. The highest BCUT2D eigenvalue weighted by Crippen LogP contribution is 2.51. The predicted octanol–water partition coefficient (Wildman–Crippen LogP) is 9.00. The van der Waals surface area contributed by atoms with Crippen LogP contribution in [0.2, 0.25) is 10.0 Å². The number of nitrogens with zero attached hydrogens (tertiary/aromatic N) is 1. The van der Waals surface area contributed by atoms with Gasteiger partial charge in [0, 0.05) is 51.6 Å². The van der Waals surface area contributed by atoms with E-state index < -0.39 is 225 Å². The molecule has 7 aromatic carbocycles. The Morgan fingerprint density at radius 1 is 0.664 bits per heavy atom. The van der Waals surface area contributed by atoms with Crippen LogP contribution in [0.1, 0.15) is 163 Å². The molecule has 11 bridgehead atoms. The number of aliphatic carboxylic acids is 1. The molecule has 7 amide bonds. The van der Waals surface area contributed by atoms with Gasteiger partial charge in [-0.15, -0.1) is 0 Å². The second kappa shape index (κ2) is 41.5. The first kappa shape index (κ1) is 94.5. The van der Waals surface area contributed by atoms with Crippen molar-refractivity contribution in [3.63, 3.8) is 0 Å². The van der Waals surface area contributed by atoms with Gasteiger partial charge in [-0.3, -0.25) is 33.6 Å². The van der Waals surface area contributed by atoms with Crippen LogP contribution in [-0.4, -0.2) is 197 Å². The third-order valence-electron chi connectivity index (χ3n) is 23.2. The number of phenols is 3. The van der Waals surface area contributed by atoms with Crippen LogP contribution in [0.3, 0.4) is 0 Å². The summed E-state index contributed by atoms with van der Waals surface area (Å²) >= 11 is 15.6. The molecule has 1 aromatic heterocycles. The highest BCUT2D eigenvalue weighted by molar-refractivity contribution is 7.99. The zero-order valence-electron chi connectivity index (χ0n) is 70.7. The third-order valence-corrected chi connectivity index (χ3v) is 24.7. The number of likely N-dealkylation sites (N-methyl/N-ethyl adjacent to an activating group) is 1. The van der Waals surface area contributed by atoms with E-state index in [2.05, 4.69) is 49.5 Å². The molecule has 0 aliphatic carbocycles. The summed E-state index contributed by atoms with van der Waals surface area (Å²) in [4.78, 5) is 124. The first-order valence-electron chi connectivity index (χ1n) is 42.2. The Labute approximate surface area is 750 Å². The lowest BCUT2D eigenvalue weighted by Crippen LogP contribution is -2.65. The average molecular weight is 1820 g/mol. The lowest BCUT2D eigenvalue weighted by molar-refractivity contribution is -0.330. The van der Waals surface area contributed by atoms with Crippen molar-refractivity contribution in [2.45, 2.75) is 220 Å². The molecule has 7 aliphatic heterocycles. The quantitative estimate of drug-likeness (QED) is 0.0168. The van der Waals surface area contributed by atoms with E-state index in [4.69, 9.17) is 66.8 Å². The van der Waals surface area contributed by atoms with Crippen LogP contribution in [0, 0.1) is 5.92 Å². The number of aromatic nitrogens is 1. The molecular weight excluding hydrogens is 1720 g/mol. The number of aromatic hydroxyl groups is 3. The molecule has 2 fully saturated rings. The van der Waals surface area contributed by atoms with Crippen molar-refractivity contribution in [2.75, 3.05) is 19.3 Å². The van der Waals surface area contributed by atoms with E-state index in [0.29, 0.717) is 29.1 Å². The van der Waals surface area contributed by atoms with E-state index in [9.17, 15) is 60.3 Å². The number of unbranched alkanes of at least 4 members (excludes halogenated alkanes) is 7. The van der Waals surface area contributed by atoms with E-state index in [1.807, 2.05) is 74.5 Å². The summed E-state index contributed by atoms with van der Waals surface area (Å²) in [5.74, 6) is -15.6. The lowest BCUT2D eigenvalue weighted by Gasteiger charge is -2.48. The number of carbonyl (C=O) groups is 8. The van der Waals surface area contributed by atoms with Gasteiger partial charge in [0.25, 0.3) is 5.22 Å². The second-order valence-electron chi connectivity index (χ2n) is 33.0. The number of hydrogen-bond donors (Lipinski definition) is 18. The summed E-state index contributed by atoms with van der Waals surface area (Å²) in [7, 11) is 1.49. The number of oxazole rings is 1. The molecule has 15 rings (SSSR count). The topological polar surface area (TPSA) is 522 Å². The van der Waals surface area contributed by atoms with Gasteiger partial charge in [0.05, 0.1) is 40.8 Å². The molecular formula is C91H104Cl2N10O24S. The van der Waals surface area contributed by atoms with Crippen molar-refractivity contribution < 1.29 is 117 Å². The van der Waals surface area contributed by atoms with Gasteiger partial charge in [-0.05, 0) is 123 Å². The zero-order valence-corrected chi connectivity index (χ0v) is 73.0. The Kier molecular flexibility index (Phi) is 30.6. The number of benzene rings is 7. The van der Waals surface area contributed by atoms with Gasteiger partial charge in [-0.25, -0.2) is 9.78 Å². The highest BCUT2D eigenvalue weighted by Gasteiger charge is 2.53. The molecule has 0 saturated carbocycles. The van der Waals surface area contributed by atoms with Crippen LogP contribution < -0.4 is 62.5 Å². The fourth-order valence-electron chi connectivity index (χ4n) is 16.4. The number of halogens is 2. The molecule has 7 aliphatic rings. The maximum atomic E-state index is 16.5. The first-order valence-corrected chi connectivity index (χ1v) is 44.0. The minimum atomic E-state index is -2.36. The fraction of sp³-hybridized carbons (Fsp3) is 0.418. The Morgan fingerprint density at radius 3 is 1.90 bits per heavy atom. The van der Waals surface area contributed by atoms with Crippen molar-refractivity contribution in [2.24, 2.45) is 11.7 Å². The number of primary amides is 1. The van der Waals surface area contributed by atoms with Crippen LogP contribution in [-0.2, 0) is 52.6 Å². The number of rotatable bonds is 27. The monoisotopic (exact) mass is 1820 g/mol. The van der Waals surface area contributed by atoms with Crippen molar-refractivity contribution in [1.29, 1.82) is 0 Å². The van der Waals surface area contributed by atoms with Crippen molar-refractivity contribution in [3.05, 3.63) is 177 Å². The fourth-order valence-corrected chi connectivity index (χ4v) is 17.7. The second-order valence-corrected chi connectivity index (χ2v) is 34.8. The number of aliphatic hydroxyl groups is 5. The summed E-state index contributed by atoms with van der Waals surface area (Å²) in [6.07, 6.45) is -9.67. The van der Waals surface area contributed by atoms with Gasteiger partial charge < -0.3 is 127 Å². The first-order chi connectivity index (χ1) is 61.2. The molecule has 10 unspecified atom stereocenters. The van der Waals surface area contributed by atoms with E-state index in [0.717, 1.165) is 112 Å². The number of amides is 7. The summed E-state index contributed by atoms with van der Waals surface area (Å²) in [6, 6.07) is 18.2. The maximum absolute atomic E-state index is 16.5. The number of nitrogens with two attached hydrogens (primary N) is 1. The number of carboxylic acid groups (broad SMARTS) is 1. The van der Waals surface area contributed by atoms with Crippen LogP contribution in [0.4, 0.5) is 0 Å². The summed E-state index contributed by atoms with van der Waals surface area (Å²) in [6.45, 7) is 9.75. The SMILES string of the molecule is CCCCCCCCCCNC1(C)CC(OC2C(Oc3c4cc5cc3Oc3ccc(cc3Cl)[C@@H](O)[C@@H](NC(=O)[C@H](CC(C)C)NC)C(=O)N[C@@H](CC(N)=O)C(=O)N[C@H]5C(=O)NC3C(=O)N[C@H](C(=O)N[C@@H](C(=O)O)c5cc(O)cc(O)c5-c5cc3ccc5O)[C@H](O)c3ccc(c(Cl)c3)O4)OC(CSc3nc(-c4ccccc4)c(-c4ccccc4)o3)C(O)C2O)OC(C)C1O. The molecule has 19 N–H and O–H groups in total. The molecule has 34 nitrogen and oxygen atoms in total. The smallest absolute Gasteiger partial charge is 0.330 e. The van der Waals surface area contributed by atoms with E-state index in [1.54, 1.807) is 13.8 Å². The Morgan fingerprint density at radius 2 is 1.27 bits per heavy atom. The van der Waals surface area contributed by atoms with Gasteiger partial charge in [-0.2, -0.15) is 0 Å². The van der Waals surface area contributed by atoms with Crippen molar-refractivity contribution in [1.82, 2.24) is 47.5 Å². The number of carbonyl (C=O) groups excluding carboxylic acids is 7. The zero-order chi connectivity index (χ0) is 91.7. The maximum Gasteiger partial charge on any atom is 0.330 e. The largest absolute Gasteiger partial charge is 0.508 e. The molecule has 128 heavy (non-hydrogen) atoms. The standard InChI is InChI=1S/C91H104Cl2N10O24S/c1-7-8-9-10-11-12-13-20-31-96-91(5)41-66(121-44(4)81(91)112)125-80-77(111)76(110)64(42-128-90-103-68(45-21-16-14-17-22-45)78(127-90)46-23-18-15-19-24-46)124-89(80)126-79-62-36-50-37-63(79)123-61-30-27-49(35-55(61)93)75(109)73-87(118)100-71(88(119)120)53-38-51(104)39-59(106)67(53)52-33-47(25-28-58(52)105)69(84(115)102-73)99-85(116)70(50)98-83(114)57(40-65(94)107)97-86(117)72(101-82(113)56(95-6)32-43(2)3)74(108)48-26-29-60(122-62)54(92)34-48/h14-19,21-30,33-39,43-44,56-57,64,66,69-77,80-81,89,95-96,104-106,108-112H,7-13,20,31-32,40-42H2,1-6H3,(H2,94,107)(H,97,117)(H,98,114)(H,99,116)(H,100,118)(H,101,113)(H,102,115)(H,119,120)/t44?,56-,57-,64?,66?,69?,70+,71+,72+,73-,74+,75+,76?,77?,80?,81?,89?,91?/m0/s1. The predicted molar refractivity (Wildman–Crippen MR) is 467 cm³/mol. The number of phenolic OH excluding ortho intramolecular Hbond substituents is 3. The lowest BCUT2D eigenvalue weighted by atomic mass is 9.85. The van der Waals surface area contributed by atoms with Crippen LogP contribution in [0.5, 0.6) is 46.0 Å². The van der Waals surface area contributed by atoms with E-state index in [-0.39, 0.29) is 62.9 Å². The number of hydrogen-bond acceptors (Lipinski definition) is 27. The third kappa shape index (κ3) is 21.7. The average Bonchev–Trinajstić information content (AvgIpc) is 1.02. The minimum absolute atomic E-state index is 0.0865. The highest BCUT2D eigenvalue weighted by atomic mass is 35.5. The normalized spacial score (nSPS) is 25.7. The van der Waals surface area contributed by atoms with E-state index in [1.165, 1.54) is 37.4 Å². The van der Waals surface area contributed by atoms with Crippen LogP contribution in [0.25, 0.3) is 33.7 Å². The number of nitrogens with one attached hydrogen (secondary N) is 8. The molecule has 0 radical (unpaired) electrons. The van der Waals surface area contributed by atoms with Gasteiger partial charge in [0.1, 0.15) is 89.1 Å². The number of fused-ring (bicyclic) bond motifs is 15. The number of aliphatic hydroxyl groups excluding tert-OH is 5. The number of ether oxygens (including phenoxy) is 6. The molecule has 37 heteroatoms. The summed E-state index contributed by atoms with van der Waals surface area (Å²) in [5.41, 5.74) is 3.82. The molecule has 8 heterocycles. The van der Waals surface area contributed by atoms with Gasteiger partial charge in [0.2, 0.25) is 53.4 Å². The Hall–Kier alpha value is -11.2. The van der Waals surface area contributed by atoms with Crippen molar-refractivity contribution in [3.8, 4) is 79.7 Å². The number of thioether (sulfide) groups is 1. The molecule has 18 atom stereocenters. The molecule has 8 aromatic rings. The van der Waals surface area contributed by atoms with Crippen LogP contribution in [0.15, 0.2) is 149 Å². The van der Waals surface area contributed by atoms with Crippen molar-refractivity contribution >= 4 is 82.3 Å². The number of carboxylic acids is 1. The minimum Gasteiger partial charge on any atom is -0.508 e. The van der Waals surface area contributed by atoms with Crippen LogP contribution >= 0.6 is 35.0 Å². The van der Waals surface area contributed by atoms with Gasteiger partial charge in [0.15, 0.2) is 35.7 Å². The van der Waals surface area contributed by atoms with Gasteiger partial charge >= 0.3 is 5.97 Å². The Balaban J connectivity index is 1.01. The molecule has 2 saturated heterocycles. The molecule has 682 valence electrons. The van der Waals surface area contributed by atoms with E-state index >= 15 is 24.0 Å². The van der Waals surface area contributed by atoms with Gasteiger partial charge in [-0.1, -0.05) is 180 Å².